The van der Waals surface area contributed by atoms with Crippen molar-refractivity contribution in [3.8, 4) is 17.4 Å². The molecule has 1 heterocycles. The molecule has 0 aliphatic rings. The number of hydrogen-bond donors (Lipinski definition) is 5. The van der Waals surface area contributed by atoms with E-state index in [2.05, 4.69) is 15.0 Å². The van der Waals surface area contributed by atoms with Crippen LogP contribution in [0.25, 0.3) is 0 Å². The van der Waals surface area contributed by atoms with Crippen molar-refractivity contribution in [3.05, 3.63) is 59.1 Å². The largest absolute Gasteiger partial charge is 0.492 e. The first-order valence-corrected chi connectivity index (χ1v) is 9.15. The first kappa shape index (κ1) is 19.0. The Labute approximate surface area is 164 Å². The highest BCUT2D eigenvalue weighted by Crippen LogP contribution is 2.33. The summed E-state index contributed by atoms with van der Waals surface area (Å²) in [5, 5.41) is 33.8. The standard InChI is InChI=1S/C18H17ClN4O3S/c19-11-1-5-13(6-2-11)26-14-7-3-12(4-8-14)22-18-15(17(25)23-27-18)16(20)21-9-10-24/h1-8,22,24H,9-10H2,(H2,20,21)(H,23,25). The van der Waals surface area contributed by atoms with Crippen molar-refractivity contribution in [1.82, 2.24) is 9.69 Å². The van der Waals surface area contributed by atoms with E-state index in [1.54, 1.807) is 36.4 Å². The summed E-state index contributed by atoms with van der Waals surface area (Å²) in [6, 6.07) is 14.3. The Morgan fingerprint density at radius 3 is 2.37 bits per heavy atom. The Morgan fingerprint density at radius 2 is 1.74 bits per heavy atom. The smallest absolute Gasteiger partial charge is 0.236 e. The zero-order chi connectivity index (χ0) is 19.2. The third-order valence-corrected chi connectivity index (χ3v) is 4.50. The summed E-state index contributed by atoms with van der Waals surface area (Å²) in [6.45, 7) is 0.100. The number of aromatic hydroxyl groups is 1. The monoisotopic (exact) mass is 404 g/mol. The molecule has 0 spiro atoms. The second-order valence-electron chi connectivity index (χ2n) is 5.44. The molecule has 5 N–H and O–H groups in total. The lowest BCUT2D eigenvalue weighted by Gasteiger charge is -2.10. The van der Waals surface area contributed by atoms with Crippen molar-refractivity contribution in [3.63, 3.8) is 0 Å². The number of nitrogens with one attached hydrogen (secondary N) is 3. The Morgan fingerprint density at radius 1 is 1.11 bits per heavy atom. The molecule has 140 valence electrons. The number of benzene rings is 2. The number of ether oxygens (including phenoxy) is 1. The molecule has 7 nitrogen and oxygen atoms in total. The first-order chi connectivity index (χ1) is 13.1. The van der Waals surface area contributed by atoms with Crippen LogP contribution in [0.2, 0.25) is 5.02 Å². The number of aromatic nitrogens is 1. The summed E-state index contributed by atoms with van der Waals surface area (Å²) in [4.78, 5) is 0. The minimum absolute atomic E-state index is 0.0134. The minimum atomic E-state index is -0.236. The number of aliphatic hydroxyl groups is 1. The van der Waals surface area contributed by atoms with Crippen molar-refractivity contribution in [2.75, 3.05) is 18.5 Å². The van der Waals surface area contributed by atoms with Gasteiger partial charge >= 0.3 is 0 Å². The molecule has 0 bridgehead atoms. The molecule has 0 saturated carbocycles. The topological polar surface area (TPSA) is 110 Å². The Bertz CT molecular complexity index is 913. The van der Waals surface area contributed by atoms with Crippen LogP contribution in [0.5, 0.6) is 17.4 Å². The molecule has 2 aromatic carbocycles. The van der Waals surface area contributed by atoms with Gasteiger partial charge in [0.25, 0.3) is 0 Å². The van der Waals surface area contributed by atoms with Crippen LogP contribution in [0.15, 0.2) is 48.5 Å². The number of hydrogen-bond acceptors (Lipinski definition) is 7. The predicted octanol–water partition coefficient (Wildman–Crippen LogP) is 3.95. The molecule has 0 saturated heterocycles. The molecule has 0 aliphatic carbocycles. The normalized spacial score (nSPS) is 10.4. The Balaban J connectivity index is 1.70. The summed E-state index contributed by atoms with van der Waals surface area (Å²) in [5.41, 5.74) is 1.01. The summed E-state index contributed by atoms with van der Waals surface area (Å²) >= 11 is 6.90. The summed E-state index contributed by atoms with van der Waals surface area (Å²) in [7, 11) is 0. The fraction of sp³-hybridized carbons (Fsp3) is 0.111. The fourth-order valence-corrected chi connectivity index (χ4v) is 3.08. The summed E-state index contributed by atoms with van der Waals surface area (Å²) in [6.07, 6.45) is 0. The molecule has 0 aliphatic heterocycles. The van der Waals surface area contributed by atoms with Crippen LogP contribution in [0.3, 0.4) is 0 Å². The first-order valence-electron chi connectivity index (χ1n) is 7.99. The van der Waals surface area contributed by atoms with Crippen molar-refractivity contribution in [2.45, 2.75) is 0 Å². The fourth-order valence-electron chi connectivity index (χ4n) is 2.24. The van der Waals surface area contributed by atoms with Crippen LogP contribution in [0, 0.1) is 5.41 Å². The molecule has 27 heavy (non-hydrogen) atoms. The van der Waals surface area contributed by atoms with E-state index >= 15 is 0 Å². The van der Waals surface area contributed by atoms with Gasteiger partial charge in [0, 0.05) is 17.3 Å². The number of rotatable bonds is 7. The average Bonchev–Trinajstić information content (AvgIpc) is 3.03. The third-order valence-electron chi connectivity index (χ3n) is 3.50. The van der Waals surface area contributed by atoms with Crippen LogP contribution in [-0.4, -0.2) is 33.6 Å². The number of aliphatic hydroxyl groups excluding tert-OH is 1. The summed E-state index contributed by atoms with van der Waals surface area (Å²) < 4.78 is 9.62. The second kappa shape index (κ2) is 8.72. The Hall–Kier alpha value is -2.81. The zero-order valence-corrected chi connectivity index (χ0v) is 15.6. The van der Waals surface area contributed by atoms with Crippen molar-refractivity contribution >= 4 is 39.7 Å². The highest BCUT2D eigenvalue weighted by molar-refractivity contribution is 7.11. The van der Waals surface area contributed by atoms with Gasteiger partial charge in [-0.1, -0.05) is 11.6 Å². The molecule has 3 aromatic rings. The van der Waals surface area contributed by atoms with Gasteiger partial charge in [-0.3, -0.25) is 5.41 Å². The molecular formula is C18H17ClN4O3S. The van der Waals surface area contributed by atoms with Gasteiger partial charge in [0.1, 0.15) is 27.9 Å². The predicted molar refractivity (Wildman–Crippen MR) is 107 cm³/mol. The molecule has 0 fully saturated rings. The van der Waals surface area contributed by atoms with Gasteiger partial charge in [0.15, 0.2) is 0 Å². The number of nitrogens with zero attached hydrogens (tertiary/aromatic N) is 1. The van der Waals surface area contributed by atoms with Gasteiger partial charge in [0.05, 0.1) is 6.61 Å². The van der Waals surface area contributed by atoms with Crippen LogP contribution < -0.4 is 15.4 Å². The number of amidine groups is 1. The van der Waals surface area contributed by atoms with E-state index < -0.39 is 0 Å². The zero-order valence-electron chi connectivity index (χ0n) is 14.1. The van der Waals surface area contributed by atoms with E-state index in [0.29, 0.717) is 21.5 Å². The maximum atomic E-state index is 9.89. The molecule has 0 amide bonds. The molecule has 9 heteroatoms. The van der Waals surface area contributed by atoms with Crippen LogP contribution >= 0.6 is 23.1 Å². The van der Waals surface area contributed by atoms with Gasteiger partial charge in [-0.05, 0) is 60.1 Å². The molecule has 0 unspecified atom stereocenters. The van der Waals surface area contributed by atoms with Gasteiger partial charge in [-0.15, -0.1) is 0 Å². The average molecular weight is 405 g/mol. The van der Waals surface area contributed by atoms with Crippen LogP contribution in [0.4, 0.5) is 10.7 Å². The SMILES string of the molecule is N=C(NCCO)c1c(O)nsc1Nc1ccc(Oc2ccc(Cl)cc2)cc1. The summed E-state index contributed by atoms with van der Waals surface area (Å²) in [5.74, 6) is 1.09. The molecule has 0 radical (unpaired) electrons. The minimum Gasteiger partial charge on any atom is -0.492 e. The lowest BCUT2D eigenvalue weighted by molar-refractivity contribution is 0.300. The van der Waals surface area contributed by atoms with Crippen LogP contribution in [0.1, 0.15) is 5.56 Å². The maximum absolute atomic E-state index is 9.89. The maximum Gasteiger partial charge on any atom is 0.236 e. The van der Waals surface area contributed by atoms with E-state index in [1.165, 1.54) is 0 Å². The highest BCUT2D eigenvalue weighted by Gasteiger charge is 2.18. The van der Waals surface area contributed by atoms with Crippen molar-refractivity contribution < 1.29 is 14.9 Å². The van der Waals surface area contributed by atoms with E-state index in [1.807, 2.05) is 12.1 Å². The van der Waals surface area contributed by atoms with E-state index in [-0.39, 0.29) is 30.4 Å². The van der Waals surface area contributed by atoms with E-state index in [0.717, 1.165) is 17.2 Å². The molecule has 0 atom stereocenters. The number of halogens is 1. The third kappa shape index (κ3) is 4.88. The van der Waals surface area contributed by atoms with Gasteiger partial charge in [-0.2, -0.15) is 4.37 Å². The molecule has 1 aromatic heterocycles. The highest BCUT2D eigenvalue weighted by atomic mass is 35.5. The Kier molecular flexibility index (Phi) is 6.12. The lowest BCUT2D eigenvalue weighted by Crippen LogP contribution is -2.26. The van der Waals surface area contributed by atoms with Gasteiger partial charge in [-0.25, -0.2) is 0 Å². The van der Waals surface area contributed by atoms with Crippen molar-refractivity contribution in [1.29, 1.82) is 5.41 Å². The molecule has 3 rings (SSSR count). The van der Waals surface area contributed by atoms with Gasteiger partial charge < -0.3 is 25.6 Å². The van der Waals surface area contributed by atoms with E-state index in [4.69, 9.17) is 26.9 Å². The van der Waals surface area contributed by atoms with E-state index in [9.17, 15) is 5.11 Å². The second-order valence-corrected chi connectivity index (χ2v) is 6.65. The van der Waals surface area contributed by atoms with Crippen LogP contribution in [-0.2, 0) is 0 Å². The molecular weight excluding hydrogens is 388 g/mol. The number of anilines is 2. The quantitative estimate of drug-likeness (QED) is 0.301. The van der Waals surface area contributed by atoms with Gasteiger partial charge in [0.2, 0.25) is 5.88 Å². The lowest BCUT2D eigenvalue weighted by atomic mass is 10.2. The van der Waals surface area contributed by atoms with Crippen molar-refractivity contribution in [2.24, 2.45) is 0 Å².